The first kappa shape index (κ1) is 22.3. The van der Waals surface area contributed by atoms with Gasteiger partial charge in [-0.3, -0.25) is 4.79 Å². The highest BCUT2D eigenvalue weighted by molar-refractivity contribution is 7.99. The first-order valence-electron chi connectivity index (χ1n) is 8.76. The van der Waals surface area contributed by atoms with Crippen molar-refractivity contribution < 1.29 is 29.1 Å². The summed E-state index contributed by atoms with van der Waals surface area (Å²) in [7, 11) is 0. The van der Waals surface area contributed by atoms with Gasteiger partial charge in [-0.15, -0.1) is 0 Å². The molecule has 0 aromatic heterocycles. The average molecular weight is 415 g/mol. The van der Waals surface area contributed by atoms with Crippen LogP contribution in [0.2, 0.25) is 0 Å². The highest BCUT2D eigenvalue weighted by Gasteiger charge is 2.12. The van der Waals surface area contributed by atoms with Crippen LogP contribution >= 0.6 is 11.8 Å². The molecule has 0 aliphatic rings. The minimum absolute atomic E-state index is 0.0501. The number of hydrogen-bond acceptors (Lipinski definition) is 8. The van der Waals surface area contributed by atoms with Crippen LogP contribution in [0.1, 0.15) is 41.5 Å². The molecule has 0 radical (unpaired) electrons. The number of aliphatic hydroxyl groups excluding tert-OH is 1. The molecule has 0 saturated carbocycles. The molecule has 0 aliphatic heterocycles. The SMILES string of the molecule is CC(=O)ON=C(C)C(=O)c1ccc(Sc2ccc(C(=O)OCC(C)O)cc2)cc1. The summed E-state index contributed by atoms with van der Waals surface area (Å²) in [6.07, 6.45) is -0.708. The summed E-state index contributed by atoms with van der Waals surface area (Å²) < 4.78 is 4.97. The van der Waals surface area contributed by atoms with Gasteiger partial charge in [0.2, 0.25) is 5.78 Å². The van der Waals surface area contributed by atoms with Gasteiger partial charge in [-0.05, 0) is 62.4 Å². The van der Waals surface area contributed by atoms with Gasteiger partial charge >= 0.3 is 11.9 Å². The second kappa shape index (κ2) is 10.5. The Kier molecular flexibility index (Phi) is 8.11. The summed E-state index contributed by atoms with van der Waals surface area (Å²) in [6.45, 7) is 4.17. The fourth-order valence-electron chi connectivity index (χ4n) is 2.13. The Labute approximate surface area is 172 Å². The van der Waals surface area contributed by atoms with Crippen LogP contribution in [-0.2, 0) is 14.4 Å². The van der Waals surface area contributed by atoms with E-state index in [1.54, 1.807) is 55.5 Å². The maximum atomic E-state index is 12.2. The summed E-state index contributed by atoms with van der Waals surface area (Å²) in [5.41, 5.74) is 0.913. The predicted molar refractivity (Wildman–Crippen MR) is 108 cm³/mol. The molecule has 1 N–H and O–H groups in total. The second-order valence-corrected chi connectivity index (χ2v) is 7.33. The highest BCUT2D eigenvalue weighted by Crippen LogP contribution is 2.28. The summed E-state index contributed by atoms with van der Waals surface area (Å²) in [5, 5.41) is 12.7. The molecular formula is C21H21NO6S. The molecule has 0 spiro atoms. The molecule has 2 rings (SSSR count). The van der Waals surface area contributed by atoms with E-state index in [-0.39, 0.29) is 18.1 Å². The monoisotopic (exact) mass is 415 g/mol. The topological polar surface area (TPSA) is 102 Å². The van der Waals surface area contributed by atoms with E-state index >= 15 is 0 Å². The molecule has 0 aliphatic carbocycles. The summed E-state index contributed by atoms with van der Waals surface area (Å²) >= 11 is 1.47. The largest absolute Gasteiger partial charge is 0.459 e. The number of aliphatic hydroxyl groups is 1. The fourth-order valence-corrected chi connectivity index (χ4v) is 2.95. The lowest BCUT2D eigenvalue weighted by atomic mass is 10.1. The van der Waals surface area contributed by atoms with Crippen molar-refractivity contribution in [2.24, 2.45) is 5.16 Å². The van der Waals surface area contributed by atoms with Crippen LogP contribution in [0.5, 0.6) is 0 Å². The molecule has 0 fully saturated rings. The quantitative estimate of drug-likeness (QED) is 0.231. The third kappa shape index (κ3) is 7.17. The third-order valence-electron chi connectivity index (χ3n) is 3.54. The normalized spacial score (nSPS) is 12.2. The summed E-state index contributed by atoms with van der Waals surface area (Å²) in [6, 6.07) is 13.8. The van der Waals surface area contributed by atoms with E-state index in [0.29, 0.717) is 11.1 Å². The lowest BCUT2D eigenvalue weighted by Gasteiger charge is -2.07. The number of ketones is 1. The Morgan fingerprint density at radius 2 is 1.48 bits per heavy atom. The second-order valence-electron chi connectivity index (χ2n) is 6.19. The maximum Gasteiger partial charge on any atom is 0.338 e. The first-order valence-corrected chi connectivity index (χ1v) is 9.58. The first-order chi connectivity index (χ1) is 13.8. The maximum absolute atomic E-state index is 12.2. The van der Waals surface area contributed by atoms with Crippen molar-refractivity contribution in [2.45, 2.75) is 36.7 Å². The van der Waals surface area contributed by atoms with E-state index in [2.05, 4.69) is 9.99 Å². The molecule has 2 aromatic rings. The average Bonchev–Trinajstić information content (AvgIpc) is 2.70. The molecular weight excluding hydrogens is 394 g/mol. The molecule has 0 saturated heterocycles. The predicted octanol–water partition coefficient (Wildman–Crippen LogP) is 3.50. The van der Waals surface area contributed by atoms with Gasteiger partial charge in [-0.2, -0.15) is 0 Å². The van der Waals surface area contributed by atoms with Crippen molar-refractivity contribution in [3.8, 4) is 0 Å². The molecule has 8 heteroatoms. The minimum Gasteiger partial charge on any atom is -0.459 e. The van der Waals surface area contributed by atoms with E-state index in [4.69, 9.17) is 9.84 Å². The molecule has 2 aromatic carbocycles. The molecule has 1 atom stereocenters. The zero-order valence-electron chi connectivity index (χ0n) is 16.2. The number of rotatable bonds is 8. The van der Waals surface area contributed by atoms with Crippen LogP contribution in [-0.4, -0.2) is 41.3 Å². The number of esters is 1. The number of ether oxygens (including phenoxy) is 1. The Bertz CT molecular complexity index is 904. The Morgan fingerprint density at radius 1 is 0.966 bits per heavy atom. The Hall–Kier alpha value is -2.97. The zero-order chi connectivity index (χ0) is 21.4. The Morgan fingerprint density at radius 3 is 1.97 bits per heavy atom. The standard InChI is InChI=1S/C21H21NO6S/c1-13(23)12-27-21(26)17-6-10-19(11-7-17)29-18-8-4-16(5-9-18)20(25)14(2)22-28-15(3)24/h4-11,13,23H,12H2,1-3H3. The molecule has 29 heavy (non-hydrogen) atoms. The van der Waals surface area contributed by atoms with Crippen molar-refractivity contribution in [1.29, 1.82) is 0 Å². The van der Waals surface area contributed by atoms with Gasteiger partial charge in [-0.25, -0.2) is 9.59 Å². The molecule has 0 bridgehead atoms. The van der Waals surface area contributed by atoms with Crippen LogP contribution in [0, 0.1) is 0 Å². The fraction of sp³-hybridized carbons (Fsp3) is 0.238. The van der Waals surface area contributed by atoms with E-state index in [9.17, 15) is 14.4 Å². The van der Waals surface area contributed by atoms with E-state index in [0.717, 1.165) is 9.79 Å². The van der Waals surface area contributed by atoms with Crippen LogP contribution in [0.15, 0.2) is 63.5 Å². The van der Waals surface area contributed by atoms with Crippen LogP contribution in [0.25, 0.3) is 0 Å². The molecule has 0 heterocycles. The van der Waals surface area contributed by atoms with Crippen LogP contribution < -0.4 is 0 Å². The van der Waals surface area contributed by atoms with Crippen LogP contribution in [0.4, 0.5) is 0 Å². The number of carbonyl (C=O) groups excluding carboxylic acids is 3. The number of Topliss-reactive ketones (excluding diaryl/α,β-unsaturated/α-hetero) is 1. The van der Waals surface area contributed by atoms with E-state index < -0.39 is 18.0 Å². The summed E-state index contributed by atoms with van der Waals surface area (Å²) in [5.74, 6) is -1.41. The van der Waals surface area contributed by atoms with Crippen LogP contribution in [0.3, 0.4) is 0 Å². The number of nitrogens with zero attached hydrogens (tertiary/aromatic N) is 1. The van der Waals surface area contributed by atoms with Gasteiger partial charge in [0.15, 0.2) is 0 Å². The summed E-state index contributed by atoms with van der Waals surface area (Å²) in [4.78, 5) is 41.1. The van der Waals surface area contributed by atoms with Crippen molar-refractivity contribution in [2.75, 3.05) is 6.61 Å². The lowest BCUT2D eigenvalue weighted by Crippen LogP contribution is -2.15. The Balaban J connectivity index is 1.99. The van der Waals surface area contributed by atoms with Crippen molar-refractivity contribution in [1.82, 2.24) is 0 Å². The number of benzene rings is 2. The van der Waals surface area contributed by atoms with Gasteiger partial charge in [0, 0.05) is 22.3 Å². The van der Waals surface area contributed by atoms with Gasteiger partial charge in [-0.1, -0.05) is 16.9 Å². The van der Waals surface area contributed by atoms with E-state index in [1.165, 1.54) is 25.6 Å². The van der Waals surface area contributed by atoms with E-state index in [1.807, 2.05) is 0 Å². The number of oxime groups is 1. The third-order valence-corrected chi connectivity index (χ3v) is 4.55. The number of carbonyl (C=O) groups is 3. The number of hydrogen-bond donors (Lipinski definition) is 1. The minimum atomic E-state index is -0.708. The molecule has 1 unspecified atom stereocenters. The van der Waals surface area contributed by atoms with Gasteiger partial charge < -0.3 is 14.7 Å². The molecule has 7 nitrogen and oxygen atoms in total. The van der Waals surface area contributed by atoms with Crippen molar-refractivity contribution >= 4 is 35.2 Å². The van der Waals surface area contributed by atoms with Gasteiger partial charge in [0.05, 0.1) is 11.7 Å². The van der Waals surface area contributed by atoms with Gasteiger partial charge in [0.25, 0.3) is 0 Å². The highest BCUT2D eigenvalue weighted by atomic mass is 32.2. The van der Waals surface area contributed by atoms with Crippen molar-refractivity contribution in [3.05, 3.63) is 59.7 Å². The molecule has 152 valence electrons. The lowest BCUT2D eigenvalue weighted by molar-refractivity contribution is -0.140. The smallest absolute Gasteiger partial charge is 0.338 e. The molecule has 0 amide bonds. The van der Waals surface area contributed by atoms with Crippen molar-refractivity contribution in [3.63, 3.8) is 0 Å². The van der Waals surface area contributed by atoms with Gasteiger partial charge in [0.1, 0.15) is 12.3 Å². The zero-order valence-corrected chi connectivity index (χ0v) is 17.1.